The Labute approximate surface area is 151 Å². The second-order valence-corrected chi connectivity index (χ2v) is 6.44. The Bertz CT molecular complexity index is 1070. The number of hydrogen-bond acceptors (Lipinski definition) is 6. The van der Waals surface area contributed by atoms with Gasteiger partial charge in [0.2, 0.25) is 5.95 Å². The van der Waals surface area contributed by atoms with E-state index < -0.39 is 4.92 Å². The predicted molar refractivity (Wildman–Crippen MR) is 100.0 cm³/mol. The van der Waals surface area contributed by atoms with Crippen molar-refractivity contribution in [3.63, 3.8) is 0 Å². The molecule has 0 aliphatic carbocycles. The van der Waals surface area contributed by atoms with Gasteiger partial charge < -0.3 is 10.3 Å². The van der Waals surface area contributed by atoms with Gasteiger partial charge in [-0.25, -0.2) is 4.98 Å². The molecule has 1 aliphatic rings. The molecule has 1 saturated heterocycles. The zero-order valence-electron chi connectivity index (χ0n) is 13.2. The van der Waals surface area contributed by atoms with Crippen molar-refractivity contribution in [3.8, 4) is 0 Å². The molecule has 2 heterocycles. The van der Waals surface area contributed by atoms with Gasteiger partial charge >= 0.3 is 0 Å². The van der Waals surface area contributed by atoms with Crippen molar-refractivity contribution >= 4 is 51.6 Å². The first kappa shape index (κ1) is 16.0. The van der Waals surface area contributed by atoms with E-state index in [1.165, 1.54) is 12.1 Å². The van der Waals surface area contributed by atoms with Gasteiger partial charge in [0.1, 0.15) is 0 Å². The number of nitro benzene ring substituents is 1. The number of carbonyl (C=O) groups is 1. The molecule has 26 heavy (non-hydrogen) atoms. The van der Waals surface area contributed by atoms with Gasteiger partial charge in [-0.05, 0) is 35.5 Å². The molecule has 0 atom stereocenters. The number of imidazole rings is 1. The number of nitrogens with one attached hydrogen (secondary N) is 2. The van der Waals surface area contributed by atoms with Crippen LogP contribution in [-0.2, 0) is 4.79 Å². The topological polar surface area (TPSA) is 113 Å². The number of para-hydroxylation sites is 2. The molecule has 1 aromatic heterocycles. The van der Waals surface area contributed by atoms with Crippen LogP contribution >= 0.6 is 11.8 Å². The highest BCUT2D eigenvalue weighted by Gasteiger charge is 2.24. The molecule has 1 fully saturated rings. The Morgan fingerprint density at radius 2 is 2.04 bits per heavy atom. The molecule has 1 aliphatic heterocycles. The Morgan fingerprint density at radius 1 is 1.19 bits per heavy atom. The van der Waals surface area contributed by atoms with Crippen LogP contribution in [-0.4, -0.2) is 26.0 Å². The van der Waals surface area contributed by atoms with Crippen molar-refractivity contribution in [2.24, 2.45) is 4.99 Å². The number of rotatable bonds is 3. The van der Waals surface area contributed by atoms with E-state index in [1.54, 1.807) is 18.2 Å². The van der Waals surface area contributed by atoms with Crippen molar-refractivity contribution in [2.45, 2.75) is 0 Å². The largest absolute Gasteiger partial charge is 0.322 e. The van der Waals surface area contributed by atoms with Crippen molar-refractivity contribution in [1.29, 1.82) is 0 Å². The summed E-state index contributed by atoms with van der Waals surface area (Å²) in [5.41, 5.74) is 2.18. The van der Waals surface area contributed by atoms with E-state index in [1.807, 2.05) is 24.3 Å². The molecule has 1 amide bonds. The SMILES string of the molecule is O=C1N/C(=N/c2nc3ccccc3[nH]2)S/C1=C\c1cccc([N+](=O)[O-])c1. The van der Waals surface area contributed by atoms with Crippen LogP contribution in [0.3, 0.4) is 0 Å². The average molecular weight is 365 g/mol. The van der Waals surface area contributed by atoms with Crippen LogP contribution in [0.2, 0.25) is 0 Å². The number of H-pyrrole nitrogens is 1. The number of nitro groups is 1. The molecule has 3 aromatic rings. The third-order valence-electron chi connectivity index (χ3n) is 3.61. The third-order valence-corrected chi connectivity index (χ3v) is 4.52. The van der Waals surface area contributed by atoms with E-state index >= 15 is 0 Å². The van der Waals surface area contributed by atoms with Crippen molar-refractivity contribution in [1.82, 2.24) is 15.3 Å². The van der Waals surface area contributed by atoms with Gasteiger partial charge in [-0.3, -0.25) is 14.9 Å². The van der Waals surface area contributed by atoms with Crippen LogP contribution in [0, 0.1) is 10.1 Å². The minimum Gasteiger partial charge on any atom is -0.322 e. The van der Waals surface area contributed by atoms with Crippen LogP contribution in [0.25, 0.3) is 17.1 Å². The number of thioether (sulfide) groups is 1. The minimum absolute atomic E-state index is 0.0288. The Balaban J connectivity index is 1.60. The summed E-state index contributed by atoms with van der Waals surface area (Å²) in [7, 11) is 0. The van der Waals surface area contributed by atoms with Crippen LogP contribution in [0.15, 0.2) is 58.4 Å². The van der Waals surface area contributed by atoms with Gasteiger partial charge in [0.25, 0.3) is 11.6 Å². The summed E-state index contributed by atoms with van der Waals surface area (Å²) < 4.78 is 0. The molecule has 0 spiro atoms. The molecule has 4 rings (SSSR count). The summed E-state index contributed by atoms with van der Waals surface area (Å²) in [4.78, 5) is 34.6. The van der Waals surface area contributed by atoms with Gasteiger partial charge in [0.05, 0.1) is 20.9 Å². The first-order valence-corrected chi connectivity index (χ1v) is 8.39. The van der Waals surface area contributed by atoms with Crippen molar-refractivity contribution in [2.75, 3.05) is 0 Å². The molecule has 8 nitrogen and oxygen atoms in total. The molecule has 0 bridgehead atoms. The number of amides is 1. The number of non-ortho nitro benzene ring substituents is 1. The third kappa shape index (κ3) is 3.20. The minimum atomic E-state index is -0.474. The second kappa shape index (κ2) is 6.45. The Hall–Kier alpha value is -3.46. The smallest absolute Gasteiger partial charge is 0.270 e. The summed E-state index contributed by atoms with van der Waals surface area (Å²) in [6, 6.07) is 13.6. The predicted octanol–water partition coefficient (Wildman–Crippen LogP) is 3.36. The van der Waals surface area contributed by atoms with E-state index in [0.717, 1.165) is 22.8 Å². The highest BCUT2D eigenvalue weighted by atomic mass is 32.2. The van der Waals surface area contributed by atoms with Crippen molar-refractivity contribution in [3.05, 3.63) is 69.1 Å². The van der Waals surface area contributed by atoms with Crippen molar-refractivity contribution < 1.29 is 9.72 Å². The molecule has 0 unspecified atom stereocenters. The fraction of sp³-hybridized carbons (Fsp3) is 0. The molecule has 2 N–H and O–H groups in total. The number of aliphatic imine (C=N–C) groups is 1. The van der Waals surface area contributed by atoms with E-state index in [9.17, 15) is 14.9 Å². The van der Waals surface area contributed by atoms with Crippen LogP contribution in [0.4, 0.5) is 11.6 Å². The van der Waals surface area contributed by atoms with Gasteiger partial charge in [-0.15, -0.1) is 0 Å². The van der Waals surface area contributed by atoms with E-state index in [-0.39, 0.29) is 11.6 Å². The number of fused-ring (bicyclic) bond motifs is 1. The molecular weight excluding hydrogens is 354 g/mol. The molecule has 9 heteroatoms. The number of aromatic nitrogens is 2. The lowest BCUT2D eigenvalue weighted by Gasteiger charge is -1.95. The summed E-state index contributed by atoms with van der Waals surface area (Å²) in [6.07, 6.45) is 1.59. The molecule has 0 saturated carbocycles. The van der Waals surface area contributed by atoms with E-state index in [2.05, 4.69) is 20.3 Å². The first-order chi connectivity index (χ1) is 12.6. The summed E-state index contributed by atoms with van der Waals surface area (Å²) in [5, 5.41) is 13.9. The number of amidine groups is 1. The van der Waals surface area contributed by atoms with Gasteiger partial charge in [0, 0.05) is 12.1 Å². The molecule has 0 radical (unpaired) electrons. The summed E-state index contributed by atoms with van der Waals surface area (Å²) in [5.74, 6) is 0.0852. The molecule has 128 valence electrons. The summed E-state index contributed by atoms with van der Waals surface area (Å²) >= 11 is 1.15. The number of aromatic amines is 1. The monoisotopic (exact) mass is 365 g/mol. The zero-order chi connectivity index (χ0) is 18.1. The lowest BCUT2D eigenvalue weighted by atomic mass is 10.2. The Morgan fingerprint density at radius 3 is 2.85 bits per heavy atom. The number of carbonyl (C=O) groups excluding carboxylic acids is 1. The highest BCUT2D eigenvalue weighted by molar-refractivity contribution is 8.18. The standard InChI is InChI=1S/C17H11N5O3S/c23-15-14(9-10-4-3-5-11(8-10)22(24)25)26-17(20-15)21-16-18-12-6-1-2-7-13(12)19-16/h1-9H,(H2,18,19,20,21,23)/b14-9-. The summed E-state index contributed by atoms with van der Waals surface area (Å²) in [6.45, 7) is 0. The quantitative estimate of drug-likeness (QED) is 0.420. The van der Waals surface area contributed by atoms with E-state index in [4.69, 9.17) is 0 Å². The lowest BCUT2D eigenvalue weighted by molar-refractivity contribution is -0.384. The first-order valence-electron chi connectivity index (χ1n) is 7.57. The fourth-order valence-electron chi connectivity index (χ4n) is 2.45. The molecular formula is C17H11N5O3S. The number of benzene rings is 2. The van der Waals surface area contributed by atoms with Gasteiger partial charge in [-0.1, -0.05) is 24.3 Å². The van der Waals surface area contributed by atoms with Crippen LogP contribution in [0.1, 0.15) is 5.56 Å². The maximum absolute atomic E-state index is 12.1. The molecule has 2 aromatic carbocycles. The lowest BCUT2D eigenvalue weighted by Crippen LogP contribution is -2.19. The van der Waals surface area contributed by atoms with Gasteiger partial charge in [-0.2, -0.15) is 4.99 Å². The Kier molecular flexibility index (Phi) is 3.98. The maximum atomic E-state index is 12.1. The second-order valence-electron chi connectivity index (χ2n) is 5.41. The van der Waals surface area contributed by atoms with E-state index in [0.29, 0.717) is 21.6 Å². The average Bonchev–Trinajstić information content (AvgIpc) is 3.18. The highest BCUT2D eigenvalue weighted by Crippen LogP contribution is 2.28. The fourth-order valence-corrected chi connectivity index (χ4v) is 3.27. The van der Waals surface area contributed by atoms with Gasteiger partial charge in [0.15, 0.2) is 5.17 Å². The number of hydrogen-bond donors (Lipinski definition) is 2. The van der Waals surface area contributed by atoms with Crippen LogP contribution < -0.4 is 5.32 Å². The van der Waals surface area contributed by atoms with Crippen LogP contribution in [0.5, 0.6) is 0 Å². The number of nitrogens with zero attached hydrogens (tertiary/aromatic N) is 3. The normalized spacial score (nSPS) is 17.2. The maximum Gasteiger partial charge on any atom is 0.270 e. The zero-order valence-corrected chi connectivity index (χ0v) is 14.0.